The van der Waals surface area contributed by atoms with E-state index in [-0.39, 0.29) is 56.7 Å². The van der Waals surface area contributed by atoms with Gasteiger partial charge in [-0.15, -0.1) is 0 Å². The summed E-state index contributed by atoms with van der Waals surface area (Å²) in [6.07, 6.45) is 0. The van der Waals surface area contributed by atoms with Crippen molar-refractivity contribution in [2.75, 3.05) is 0 Å². The molecule has 8 heteroatoms. The highest BCUT2D eigenvalue weighted by Gasteiger charge is 2.10. The summed E-state index contributed by atoms with van der Waals surface area (Å²) >= 11 is 0. The third-order valence-corrected chi connectivity index (χ3v) is 3.84. The number of aromatic hydroxyl groups is 2. The second-order valence-corrected chi connectivity index (χ2v) is 5.41. The topological polar surface area (TPSA) is 162 Å². The van der Waals surface area contributed by atoms with Crippen molar-refractivity contribution < 1.29 is 40.9 Å². The molecule has 0 heterocycles. The van der Waals surface area contributed by atoms with Crippen molar-refractivity contribution >= 4 is 0 Å². The summed E-state index contributed by atoms with van der Waals surface area (Å²) in [7, 11) is 0. The fourth-order valence-corrected chi connectivity index (χ4v) is 2.42. The number of aliphatic hydroxyl groups excluding tert-OH is 6. The van der Waals surface area contributed by atoms with Gasteiger partial charge in [0.15, 0.2) is 0 Å². The SMILES string of the molecule is OCc1cc(CO)c(O)c(CO)c1.OCc1ccc(O)c(CO)c1CO. The first kappa shape index (κ1) is 21.8. The average Bonchev–Trinajstić information content (AvgIpc) is 2.68. The van der Waals surface area contributed by atoms with Gasteiger partial charge in [-0.3, -0.25) is 0 Å². The molecule has 8 nitrogen and oxygen atoms in total. The minimum atomic E-state index is -0.352. The van der Waals surface area contributed by atoms with E-state index in [1.165, 1.54) is 24.3 Å². The Labute approximate surface area is 150 Å². The molecule has 0 bridgehead atoms. The molecule has 0 fully saturated rings. The average molecular weight is 368 g/mol. The molecule has 2 rings (SSSR count). The van der Waals surface area contributed by atoms with Crippen LogP contribution in [0.5, 0.6) is 11.5 Å². The fourth-order valence-electron chi connectivity index (χ4n) is 2.42. The quantitative estimate of drug-likeness (QED) is 0.346. The smallest absolute Gasteiger partial charge is 0.126 e. The largest absolute Gasteiger partial charge is 0.508 e. The monoisotopic (exact) mass is 368 g/mol. The number of phenols is 2. The van der Waals surface area contributed by atoms with Crippen LogP contribution in [0.3, 0.4) is 0 Å². The van der Waals surface area contributed by atoms with Gasteiger partial charge in [-0.1, -0.05) is 6.07 Å². The zero-order valence-electron chi connectivity index (χ0n) is 14.1. The Morgan fingerprint density at radius 1 is 0.538 bits per heavy atom. The van der Waals surface area contributed by atoms with Gasteiger partial charge in [0.25, 0.3) is 0 Å². The highest BCUT2D eigenvalue weighted by atomic mass is 16.3. The summed E-state index contributed by atoms with van der Waals surface area (Å²) in [5.74, 6) is -0.175. The lowest BCUT2D eigenvalue weighted by Crippen LogP contribution is -2.00. The summed E-state index contributed by atoms with van der Waals surface area (Å²) in [5, 5.41) is 71.9. The molecule has 2 aromatic rings. The normalized spacial score (nSPS) is 10.4. The summed E-state index contributed by atoms with van der Waals surface area (Å²) in [6, 6.07) is 5.89. The Morgan fingerprint density at radius 2 is 1.04 bits per heavy atom. The maximum atomic E-state index is 9.41. The molecule has 0 saturated carbocycles. The maximum absolute atomic E-state index is 9.41. The van der Waals surface area contributed by atoms with E-state index in [1.54, 1.807) is 0 Å². The van der Waals surface area contributed by atoms with Crippen molar-refractivity contribution in [3.8, 4) is 11.5 Å². The van der Waals surface area contributed by atoms with Crippen LogP contribution in [0.2, 0.25) is 0 Å². The molecule has 0 aliphatic carbocycles. The molecule has 0 amide bonds. The van der Waals surface area contributed by atoms with E-state index in [0.717, 1.165) is 0 Å². The van der Waals surface area contributed by atoms with Crippen LogP contribution in [0.4, 0.5) is 0 Å². The van der Waals surface area contributed by atoms with Crippen molar-refractivity contribution in [3.63, 3.8) is 0 Å². The van der Waals surface area contributed by atoms with Gasteiger partial charge >= 0.3 is 0 Å². The Balaban J connectivity index is 0.000000260. The van der Waals surface area contributed by atoms with Gasteiger partial charge in [0, 0.05) is 16.7 Å². The van der Waals surface area contributed by atoms with Crippen molar-refractivity contribution in [1.29, 1.82) is 0 Å². The minimum Gasteiger partial charge on any atom is -0.508 e. The Kier molecular flexibility index (Phi) is 9.00. The van der Waals surface area contributed by atoms with E-state index < -0.39 is 0 Å². The molecule has 144 valence electrons. The summed E-state index contributed by atoms with van der Waals surface area (Å²) in [5.41, 5.74) is 2.38. The van der Waals surface area contributed by atoms with E-state index >= 15 is 0 Å². The Bertz CT molecular complexity index is 690. The third-order valence-electron chi connectivity index (χ3n) is 3.84. The summed E-state index contributed by atoms with van der Waals surface area (Å²) < 4.78 is 0. The van der Waals surface area contributed by atoms with E-state index in [0.29, 0.717) is 27.8 Å². The van der Waals surface area contributed by atoms with E-state index in [2.05, 4.69) is 0 Å². The van der Waals surface area contributed by atoms with Crippen LogP contribution in [0, 0.1) is 0 Å². The van der Waals surface area contributed by atoms with Crippen molar-refractivity contribution in [3.05, 3.63) is 57.6 Å². The maximum Gasteiger partial charge on any atom is 0.126 e. The van der Waals surface area contributed by atoms with Gasteiger partial charge in [-0.2, -0.15) is 0 Å². The van der Waals surface area contributed by atoms with Crippen molar-refractivity contribution in [1.82, 2.24) is 0 Å². The molecule has 2 aromatic carbocycles. The van der Waals surface area contributed by atoms with E-state index in [1.807, 2.05) is 0 Å². The first-order valence-corrected chi connectivity index (χ1v) is 7.78. The van der Waals surface area contributed by atoms with Gasteiger partial charge in [0.2, 0.25) is 0 Å². The Hall–Kier alpha value is -2.20. The molecule has 26 heavy (non-hydrogen) atoms. The standard InChI is InChI=1S/2C9H12O4/c10-3-6-1-7(4-11)9(13)8(2-6)5-12;10-3-6-1-2-9(13)8(5-12)7(6)4-11/h2*1-2,10-13H,3-5H2. The number of hydrogen-bond acceptors (Lipinski definition) is 8. The van der Waals surface area contributed by atoms with Gasteiger partial charge < -0.3 is 40.9 Å². The third kappa shape index (κ3) is 5.15. The van der Waals surface area contributed by atoms with Crippen LogP contribution < -0.4 is 0 Å². The second kappa shape index (κ2) is 10.7. The lowest BCUT2D eigenvalue weighted by atomic mass is 10.0. The fraction of sp³-hybridized carbons (Fsp3) is 0.333. The number of rotatable bonds is 6. The molecule has 0 aliphatic heterocycles. The molecule has 0 atom stereocenters. The molecule has 0 aliphatic rings. The zero-order chi connectivity index (χ0) is 19.7. The summed E-state index contributed by atoms with van der Waals surface area (Å²) in [4.78, 5) is 0. The van der Waals surface area contributed by atoms with Crippen LogP contribution in [0.1, 0.15) is 33.4 Å². The van der Waals surface area contributed by atoms with Crippen LogP contribution >= 0.6 is 0 Å². The highest BCUT2D eigenvalue weighted by Crippen LogP contribution is 2.25. The number of hydrogen-bond donors (Lipinski definition) is 8. The number of benzene rings is 2. The van der Waals surface area contributed by atoms with E-state index in [9.17, 15) is 10.2 Å². The van der Waals surface area contributed by atoms with Crippen LogP contribution in [-0.2, 0) is 39.6 Å². The molecule has 0 spiro atoms. The first-order chi connectivity index (χ1) is 12.5. The Morgan fingerprint density at radius 3 is 1.42 bits per heavy atom. The highest BCUT2D eigenvalue weighted by molar-refractivity contribution is 5.44. The zero-order valence-corrected chi connectivity index (χ0v) is 14.1. The lowest BCUT2D eigenvalue weighted by Gasteiger charge is -2.11. The molecule has 8 N–H and O–H groups in total. The van der Waals surface area contributed by atoms with E-state index in [4.69, 9.17) is 30.6 Å². The van der Waals surface area contributed by atoms with Crippen molar-refractivity contribution in [2.24, 2.45) is 0 Å². The van der Waals surface area contributed by atoms with Gasteiger partial charge in [0.1, 0.15) is 11.5 Å². The number of aliphatic hydroxyl groups is 6. The van der Waals surface area contributed by atoms with Gasteiger partial charge in [0.05, 0.1) is 39.6 Å². The molecular weight excluding hydrogens is 344 g/mol. The van der Waals surface area contributed by atoms with Gasteiger partial charge in [-0.25, -0.2) is 0 Å². The second-order valence-electron chi connectivity index (χ2n) is 5.41. The molecule has 0 radical (unpaired) electrons. The minimum absolute atomic E-state index is 0.0660. The first-order valence-electron chi connectivity index (χ1n) is 7.78. The molecule has 0 aromatic heterocycles. The summed E-state index contributed by atoms with van der Waals surface area (Å²) in [6.45, 7) is -1.68. The van der Waals surface area contributed by atoms with Crippen molar-refractivity contribution in [2.45, 2.75) is 39.6 Å². The molecule has 0 unspecified atom stereocenters. The predicted octanol–water partition coefficient (Wildman–Crippen LogP) is -0.262. The lowest BCUT2D eigenvalue weighted by molar-refractivity contribution is 0.244. The van der Waals surface area contributed by atoms with Crippen LogP contribution in [0.15, 0.2) is 24.3 Å². The molecular formula is C18H24O8. The van der Waals surface area contributed by atoms with Crippen LogP contribution in [0.25, 0.3) is 0 Å². The van der Waals surface area contributed by atoms with Crippen LogP contribution in [-0.4, -0.2) is 40.9 Å². The molecule has 0 saturated heterocycles. The predicted molar refractivity (Wildman–Crippen MR) is 91.8 cm³/mol. The van der Waals surface area contributed by atoms with Gasteiger partial charge in [-0.05, 0) is 34.9 Å².